The van der Waals surface area contributed by atoms with Gasteiger partial charge in [-0.25, -0.2) is 0 Å². The minimum absolute atomic E-state index is 0.311. The minimum atomic E-state index is -0.311. The van der Waals surface area contributed by atoms with Crippen LogP contribution in [0.15, 0.2) is 40.0 Å². The quantitative estimate of drug-likeness (QED) is 0.325. The molecule has 5 nitrogen and oxygen atoms in total. The molecule has 4 rings (SSSR count). The van der Waals surface area contributed by atoms with E-state index in [1.54, 1.807) is 23.1 Å². The zero-order valence-electron chi connectivity index (χ0n) is 15.7. The van der Waals surface area contributed by atoms with E-state index >= 15 is 0 Å². The van der Waals surface area contributed by atoms with Crippen LogP contribution in [0.4, 0.5) is 5.69 Å². The fourth-order valence-electron chi connectivity index (χ4n) is 2.97. The van der Waals surface area contributed by atoms with Crippen molar-refractivity contribution >= 4 is 44.7 Å². The zero-order valence-corrected chi connectivity index (χ0v) is 19.0. The molecular formula is C20H21BrN4OS2. The van der Waals surface area contributed by atoms with Crippen LogP contribution in [-0.4, -0.2) is 20.9 Å². The summed E-state index contributed by atoms with van der Waals surface area (Å²) in [7, 11) is 0. The number of halogens is 1. The molecule has 0 radical (unpaired) electrons. The molecule has 1 atom stereocenters. The van der Waals surface area contributed by atoms with Gasteiger partial charge in [0.25, 0.3) is 0 Å². The van der Waals surface area contributed by atoms with Crippen LogP contribution in [0.2, 0.25) is 0 Å². The van der Waals surface area contributed by atoms with Crippen molar-refractivity contribution in [3.63, 3.8) is 0 Å². The number of nitrogens with one attached hydrogen (secondary N) is 1. The third-order valence-corrected chi connectivity index (χ3v) is 6.85. The second kappa shape index (κ2) is 8.80. The third-order valence-electron chi connectivity index (χ3n) is 4.39. The lowest BCUT2D eigenvalue weighted by Gasteiger charge is -2.17. The van der Waals surface area contributed by atoms with Crippen LogP contribution in [0.1, 0.15) is 42.2 Å². The van der Waals surface area contributed by atoms with Gasteiger partial charge in [-0.05, 0) is 43.7 Å². The minimum Gasteiger partial charge on any atom is -0.447 e. The number of hydrogen-bond acceptors (Lipinski definition) is 7. The van der Waals surface area contributed by atoms with E-state index in [1.165, 1.54) is 17.7 Å². The van der Waals surface area contributed by atoms with Crippen LogP contribution < -0.4 is 10.1 Å². The van der Waals surface area contributed by atoms with Crippen molar-refractivity contribution in [2.24, 2.45) is 0 Å². The van der Waals surface area contributed by atoms with Crippen molar-refractivity contribution in [2.45, 2.75) is 44.5 Å². The summed E-state index contributed by atoms with van der Waals surface area (Å²) in [6.45, 7) is 4.30. The van der Waals surface area contributed by atoms with Crippen molar-refractivity contribution in [3.8, 4) is 17.1 Å². The number of unbranched alkanes of at least 4 members (excludes halogenated alkanes) is 2. The number of benzene rings is 1. The van der Waals surface area contributed by atoms with Gasteiger partial charge in [0.2, 0.25) is 17.3 Å². The number of fused-ring (bicyclic) bond motifs is 3. The summed E-state index contributed by atoms with van der Waals surface area (Å²) >= 11 is 6.90. The van der Waals surface area contributed by atoms with Gasteiger partial charge in [-0.1, -0.05) is 47.5 Å². The van der Waals surface area contributed by atoms with Crippen LogP contribution in [0.5, 0.6) is 5.88 Å². The number of thiophene rings is 1. The van der Waals surface area contributed by atoms with Crippen LogP contribution in [0.3, 0.4) is 0 Å². The summed E-state index contributed by atoms with van der Waals surface area (Å²) in [5.41, 5.74) is 2.55. The first-order valence-corrected chi connectivity index (χ1v) is 11.9. The smallest absolute Gasteiger partial charge is 0.247 e. The molecule has 2 aromatic heterocycles. The number of anilines is 1. The largest absolute Gasteiger partial charge is 0.447 e. The van der Waals surface area contributed by atoms with Gasteiger partial charge in [0.1, 0.15) is 0 Å². The maximum atomic E-state index is 6.30. The molecule has 0 saturated heterocycles. The molecule has 3 heterocycles. The summed E-state index contributed by atoms with van der Waals surface area (Å²) in [5.74, 6) is 1.51. The Morgan fingerprint density at radius 1 is 1.21 bits per heavy atom. The number of thioether (sulfide) groups is 1. The first-order valence-electron chi connectivity index (χ1n) is 9.31. The Kier molecular flexibility index (Phi) is 6.18. The lowest BCUT2D eigenvalue weighted by atomic mass is 10.1. The first-order chi connectivity index (χ1) is 13.6. The van der Waals surface area contributed by atoms with Gasteiger partial charge in [-0.2, -0.15) is 4.98 Å². The van der Waals surface area contributed by atoms with E-state index in [2.05, 4.69) is 57.4 Å². The average Bonchev–Trinajstić information content (AvgIpc) is 3.05. The molecule has 1 aliphatic rings. The van der Waals surface area contributed by atoms with Gasteiger partial charge in [0.15, 0.2) is 5.69 Å². The van der Waals surface area contributed by atoms with Crippen LogP contribution >= 0.6 is 39.0 Å². The highest BCUT2D eigenvalue weighted by atomic mass is 79.9. The number of ether oxygens (including phenoxy) is 1. The summed E-state index contributed by atoms with van der Waals surface area (Å²) in [6, 6.07) is 10.3. The monoisotopic (exact) mass is 476 g/mol. The van der Waals surface area contributed by atoms with Crippen LogP contribution in [0.25, 0.3) is 11.3 Å². The molecule has 28 heavy (non-hydrogen) atoms. The van der Waals surface area contributed by atoms with E-state index in [1.807, 2.05) is 18.2 Å². The predicted molar refractivity (Wildman–Crippen MR) is 119 cm³/mol. The lowest BCUT2D eigenvalue weighted by Crippen LogP contribution is -2.15. The van der Waals surface area contributed by atoms with Gasteiger partial charge in [-0.3, -0.25) is 0 Å². The molecule has 0 unspecified atom stereocenters. The van der Waals surface area contributed by atoms with E-state index < -0.39 is 0 Å². The van der Waals surface area contributed by atoms with Crippen molar-refractivity contribution in [3.05, 3.63) is 44.6 Å². The standard InChI is InChI=1S/C20H21BrN4OS2/c1-3-4-5-10-27-20-23-19-17(24-25-20)14-11-13(21)7-8-15(14)22-18(26-19)16-9-6-12(2)28-16/h6-9,11,18,22H,3-5,10H2,1-2H3/t18-/m0/s1. The number of nitrogens with zero attached hydrogens (tertiary/aromatic N) is 3. The summed E-state index contributed by atoms with van der Waals surface area (Å²) in [4.78, 5) is 7.05. The van der Waals surface area contributed by atoms with Gasteiger partial charge in [0.05, 0.1) is 4.88 Å². The normalized spacial score (nSPS) is 15.2. The number of rotatable bonds is 6. The molecule has 0 aliphatic carbocycles. The summed E-state index contributed by atoms with van der Waals surface area (Å²) < 4.78 is 7.28. The maximum Gasteiger partial charge on any atom is 0.247 e. The highest BCUT2D eigenvalue weighted by molar-refractivity contribution is 9.10. The molecule has 0 amide bonds. The van der Waals surface area contributed by atoms with E-state index in [0.29, 0.717) is 16.7 Å². The zero-order chi connectivity index (χ0) is 19.5. The van der Waals surface area contributed by atoms with E-state index in [0.717, 1.165) is 32.8 Å². The van der Waals surface area contributed by atoms with E-state index in [-0.39, 0.29) is 6.23 Å². The van der Waals surface area contributed by atoms with Crippen LogP contribution in [-0.2, 0) is 0 Å². The second-order valence-electron chi connectivity index (χ2n) is 6.58. The van der Waals surface area contributed by atoms with Crippen molar-refractivity contribution in [1.29, 1.82) is 0 Å². The van der Waals surface area contributed by atoms with Crippen LogP contribution in [0, 0.1) is 6.92 Å². The Bertz CT molecular complexity index is 979. The maximum absolute atomic E-state index is 6.30. The van der Waals surface area contributed by atoms with Gasteiger partial charge < -0.3 is 10.1 Å². The Balaban J connectivity index is 1.70. The fourth-order valence-corrected chi connectivity index (χ4v) is 4.97. The Hall–Kier alpha value is -1.64. The molecule has 8 heteroatoms. The number of aromatic nitrogens is 3. The summed E-state index contributed by atoms with van der Waals surface area (Å²) in [6.07, 6.45) is 3.25. The molecule has 0 spiro atoms. The van der Waals surface area contributed by atoms with Crippen molar-refractivity contribution in [1.82, 2.24) is 15.2 Å². The Morgan fingerprint density at radius 3 is 2.89 bits per heavy atom. The van der Waals surface area contributed by atoms with Gasteiger partial charge >= 0.3 is 0 Å². The molecule has 1 aliphatic heterocycles. The number of aryl methyl sites for hydroxylation is 1. The molecule has 3 aromatic rings. The second-order valence-corrected chi connectivity index (χ2v) is 9.88. The lowest BCUT2D eigenvalue weighted by molar-refractivity contribution is 0.229. The molecule has 1 aromatic carbocycles. The predicted octanol–water partition coefficient (Wildman–Crippen LogP) is 6.46. The van der Waals surface area contributed by atoms with E-state index in [9.17, 15) is 0 Å². The van der Waals surface area contributed by atoms with E-state index in [4.69, 9.17) is 9.72 Å². The third kappa shape index (κ3) is 4.34. The van der Waals surface area contributed by atoms with Crippen molar-refractivity contribution in [2.75, 3.05) is 11.1 Å². The average molecular weight is 477 g/mol. The van der Waals surface area contributed by atoms with Gasteiger partial charge in [0, 0.05) is 26.4 Å². The highest BCUT2D eigenvalue weighted by Crippen LogP contribution is 2.41. The Morgan fingerprint density at radius 2 is 2.11 bits per heavy atom. The SMILES string of the molecule is CCCCCSc1nnc2c(n1)O[C@@H](c1ccc(C)s1)Nc1ccc(Br)cc1-2. The van der Waals surface area contributed by atoms with Gasteiger partial charge in [-0.15, -0.1) is 21.5 Å². The first kappa shape index (κ1) is 19.7. The molecule has 146 valence electrons. The number of hydrogen-bond donors (Lipinski definition) is 1. The highest BCUT2D eigenvalue weighted by Gasteiger charge is 2.27. The molecule has 0 bridgehead atoms. The molecular weight excluding hydrogens is 456 g/mol. The molecule has 0 fully saturated rings. The topological polar surface area (TPSA) is 59.9 Å². The Labute approximate surface area is 181 Å². The summed E-state index contributed by atoms with van der Waals surface area (Å²) in [5, 5.41) is 13.0. The molecule has 0 saturated carbocycles. The molecule has 1 N–H and O–H groups in total. The van der Waals surface area contributed by atoms with Crippen molar-refractivity contribution < 1.29 is 4.74 Å². The fraction of sp³-hybridized carbons (Fsp3) is 0.350.